The number of hydrogen-bond acceptors (Lipinski definition) is 7. The smallest absolute Gasteiger partial charge is 0.232 e. The fourth-order valence-corrected chi connectivity index (χ4v) is 5.19. The van der Waals surface area contributed by atoms with Gasteiger partial charge in [0.2, 0.25) is 5.95 Å². The SMILES string of the molecule is S=C(NCc1ccc(N2CCCC2)cc1)Nc1nc(N2CCCCCC2)cc(N2CCOCC2)n1. The van der Waals surface area contributed by atoms with Gasteiger partial charge in [0.15, 0.2) is 5.11 Å². The second-order valence-electron chi connectivity index (χ2n) is 9.58. The van der Waals surface area contributed by atoms with Crippen LogP contribution in [0.4, 0.5) is 23.3 Å². The first-order valence-corrected chi connectivity index (χ1v) is 13.5. The first-order chi connectivity index (χ1) is 17.2. The number of aromatic nitrogens is 2. The predicted octanol–water partition coefficient (Wildman–Crippen LogP) is 3.78. The zero-order valence-electron chi connectivity index (χ0n) is 20.5. The molecule has 2 aromatic rings. The van der Waals surface area contributed by atoms with Gasteiger partial charge in [0.25, 0.3) is 0 Å². The Kier molecular flexibility index (Phi) is 8.15. The number of anilines is 4. The average molecular weight is 496 g/mol. The average Bonchev–Trinajstić information content (AvgIpc) is 3.30. The molecule has 2 N–H and O–H groups in total. The summed E-state index contributed by atoms with van der Waals surface area (Å²) in [6.07, 6.45) is 7.56. The number of thiocarbonyl (C=S) groups is 1. The van der Waals surface area contributed by atoms with E-state index in [2.05, 4.69) is 55.7 Å². The van der Waals surface area contributed by atoms with Crippen LogP contribution >= 0.6 is 12.2 Å². The van der Waals surface area contributed by atoms with E-state index in [0.717, 1.165) is 64.1 Å². The van der Waals surface area contributed by atoms with Gasteiger partial charge in [0, 0.05) is 57.6 Å². The molecule has 35 heavy (non-hydrogen) atoms. The Labute approximate surface area is 214 Å². The van der Waals surface area contributed by atoms with Crippen LogP contribution in [0.25, 0.3) is 0 Å². The molecule has 9 heteroatoms. The van der Waals surface area contributed by atoms with Gasteiger partial charge in [-0.2, -0.15) is 9.97 Å². The van der Waals surface area contributed by atoms with Crippen molar-refractivity contribution >= 4 is 40.6 Å². The maximum atomic E-state index is 5.61. The van der Waals surface area contributed by atoms with E-state index in [1.54, 1.807) is 0 Å². The minimum atomic E-state index is 0.537. The summed E-state index contributed by atoms with van der Waals surface area (Å²) >= 11 is 5.61. The number of ether oxygens (including phenoxy) is 1. The van der Waals surface area contributed by atoms with E-state index in [1.807, 2.05) is 0 Å². The van der Waals surface area contributed by atoms with Gasteiger partial charge >= 0.3 is 0 Å². The molecule has 0 bridgehead atoms. The minimum Gasteiger partial charge on any atom is -0.378 e. The molecule has 0 spiro atoms. The number of benzene rings is 1. The van der Waals surface area contributed by atoms with Crippen molar-refractivity contribution in [1.29, 1.82) is 0 Å². The molecule has 188 valence electrons. The van der Waals surface area contributed by atoms with Crippen LogP contribution in [-0.2, 0) is 11.3 Å². The number of nitrogens with zero attached hydrogens (tertiary/aromatic N) is 5. The van der Waals surface area contributed by atoms with Crippen molar-refractivity contribution in [2.24, 2.45) is 0 Å². The molecule has 3 saturated heterocycles. The van der Waals surface area contributed by atoms with Gasteiger partial charge in [-0.25, -0.2) is 0 Å². The van der Waals surface area contributed by atoms with Crippen molar-refractivity contribution in [2.75, 3.05) is 72.5 Å². The standard InChI is InChI=1S/C26H37N7OS/c35-26(27-20-21-7-9-22(10-8-21)31-11-5-6-12-31)30-25-28-23(32-13-3-1-2-4-14-32)19-24(29-25)33-15-17-34-18-16-33/h7-10,19H,1-6,11-18,20H2,(H2,27,28,29,30,35). The summed E-state index contributed by atoms with van der Waals surface area (Å²) in [6.45, 7) is 8.18. The Hall–Kier alpha value is -2.65. The number of rotatable bonds is 6. The molecule has 3 fully saturated rings. The van der Waals surface area contributed by atoms with E-state index in [1.165, 1.54) is 49.8 Å². The highest BCUT2D eigenvalue weighted by molar-refractivity contribution is 7.80. The van der Waals surface area contributed by atoms with Gasteiger partial charge in [-0.1, -0.05) is 25.0 Å². The van der Waals surface area contributed by atoms with Crippen LogP contribution in [0.1, 0.15) is 44.1 Å². The predicted molar refractivity (Wildman–Crippen MR) is 147 cm³/mol. The molecule has 0 atom stereocenters. The van der Waals surface area contributed by atoms with E-state index < -0.39 is 0 Å². The lowest BCUT2D eigenvalue weighted by molar-refractivity contribution is 0.122. The molecule has 0 radical (unpaired) electrons. The zero-order valence-corrected chi connectivity index (χ0v) is 21.4. The summed E-state index contributed by atoms with van der Waals surface area (Å²) < 4.78 is 5.54. The number of nitrogens with one attached hydrogen (secondary N) is 2. The number of hydrogen-bond donors (Lipinski definition) is 2. The van der Waals surface area contributed by atoms with Gasteiger partial charge in [-0.3, -0.25) is 0 Å². The highest BCUT2D eigenvalue weighted by Crippen LogP contribution is 2.25. The first-order valence-electron chi connectivity index (χ1n) is 13.1. The summed E-state index contributed by atoms with van der Waals surface area (Å²) in [5.74, 6) is 2.46. The Bertz CT molecular complexity index is 966. The highest BCUT2D eigenvalue weighted by atomic mass is 32.1. The van der Waals surface area contributed by atoms with Crippen molar-refractivity contribution < 1.29 is 4.74 Å². The van der Waals surface area contributed by atoms with Crippen LogP contribution in [0, 0.1) is 0 Å². The first kappa shape index (κ1) is 24.1. The fourth-order valence-electron chi connectivity index (χ4n) is 5.02. The Morgan fingerprint density at radius 1 is 0.771 bits per heavy atom. The molecular formula is C26H37N7OS. The highest BCUT2D eigenvalue weighted by Gasteiger charge is 2.19. The maximum absolute atomic E-state index is 5.61. The van der Waals surface area contributed by atoms with Crippen LogP contribution in [0.2, 0.25) is 0 Å². The van der Waals surface area contributed by atoms with E-state index in [-0.39, 0.29) is 0 Å². The molecule has 8 nitrogen and oxygen atoms in total. The molecule has 0 unspecified atom stereocenters. The largest absolute Gasteiger partial charge is 0.378 e. The fraction of sp³-hybridized carbons (Fsp3) is 0.577. The zero-order chi connectivity index (χ0) is 23.9. The summed E-state index contributed by atoms with van der Waals surface area (Å²) in [7, 11) is 0. The van der Waals surface area contributed by atoms with Crippen molar-refractivity contribution in [1.82, 2.24) is 15.3 Å². The summed E-state index contributed by atoms with van der Waals surface area (Å²) in [6, 6.07) is 10.9. The monoisotopic (exact) mass is 495 g/mol. The lowest BCUT2D eigenvalue weighted by Gasteiger charge is -2.29. The van der Waals surface area contributed by atoms with E-state index in [4.69, 9.17) is 26.9 Å². The molecule has 0 saturated carbocycles. The molecule has 1 aromatic carbocycles. The lowest BCUT2D eigenvalue weighted by Crippen LogP contribution is -2.37. The quantitative estimate of drug-likeness (QED) is 0.583. The van der Waals surface area contributed by atoms with Gasteiger partial charge in [-0.05, 0) is 55.6 Å². The molecule has 0 aliphatic carbocycles. The van der Waals surface area contributed by atoms with Crippen LogP contribution in [0.5, 0.6) is 0 Å². The molecule has 3 aliphatic heterocycles. The van der Waals surface area contributed by atoms with Gasteiger partial charge in [0.05, 0.1) is 13.2 Å². The van der Waals surface area contributed by atoms with Crippen LogP contribution in [0.3, 0.4) is 0 Å². The maximum Gasteiger partial charge on any atom is 0.232 e. The van der Waals surface area contributed by atoms with E-state index in [9.17, 15) is 0 Å². The van der Waals surface area contributed by atoms with E-state index in [0.29, 0.717) is 17.6 Å². The molecule has 0 amide bonds. The van der Waals surface area contributed by atoms with Gasteiger partial charge in [-0.15, -0.1) is 0 Å². The van der Waals surface area contributed by atoms with Crippen LogP contribution < -0.4 is 25.3 Å². The molecular weight excluding hydrogens is 458 g/mol. The molecule has 4 heterocycles. The van der Waals surface area contributed by atoms with Crippen LogP contribution in [-0.4, -0.2) is 67.6 Å². The molecule has 3 aliphatic rings. The van der Waals surface area contributed by atoms with Crippen LogP contribution in [0.15, 0.2) is 30.3 Å². The second-order valence-corrected chi connectivity index (χ2v) is 9.99. The minimum absolute atomic E-state index is 0.537. The Morgan fingerprint density at radius 2 is 1.34 bits per heavy atom. The Balaban J connectivity index is 1.24. The van der Waals surface area contributed by atoms with Gasteiger partial charge < -0.3 is 30.1 Å². The van der Waals surface area contributed by atoms with Crippen molar-refractivity contribution in [2.45, 2.75) is 45.1 Å². The summed E-state index contributed by atoms with van der Waals surface area (Å²) in [5, 5.41) is 7.11. The third-order valence-electron chi connectivity index (χ3n) is 7.05. The third kappa shape index (κ3) is 6.52. The number of morpholine rings is 1. The molecule has 5 rings (SSSR count). The molecule has 1 aromatic heterocycles. The Morgan fingerprint density at radius 3 is 2.00 bits per heavy atom. The van der Waals surface area contributed by atoms with E-state index >= 15 is 0 Å². The van der Waals surface area contributed by atoms with Crippen molar-refractivity contribution in [3.8, 4) is 0 Å². The third-order valence-corrected chi connectivity index (χ3v) is 7.30. The van der Waals surface area contributed by atoms with Gasteiger partial charge in [0.1, 0.15) is 11.6 Å². The summed E-state index contributed by atoms with van der Waals surface area (Å²) in [5.41, 5.74) is 2.51. The van der Waals surface area contributed by atoms with Crippen molar-refractivity contribution in [3.05, 3.63) is 35.9 Å². The van der Waals surface area contributed by atoms with Crippen molar-refractivity contribution in [3.63, 3.8) is 0 Å². The second kappa shape index (κ2) is 11.9. The lowest BCUT2D eigenvalue weighted by atomic mass is 10.2. The normalized spacial score (nSPS) is 18.9. The summed E-state index contributed by atoms with van der Waals surface area (Å²) in [4.78, 5) is 16.8. The topological polar surface area (TPSA) is 68.8 Å².